The molecule has 5 aliphatic rings. The highest BCUT2D eigenvalue weighted by Crippen LogP contribution is 2.67. The number of fused-ring (bicyclic) bond motifs is 5. The third-order valence-electron chi connectivity index (χ3n) is 13.6. The lowest BCUT2D eigenvalue weighted by Gasteiger charge is -2.58. The number of ether oxygens (including phenoxy) is 3. The minimum absolute atomic E-state index is 0.0751. The van der Waals surface area contributed by atoms with Gasteiger partial charge in [0.25, 0.3) is 0 Å². The summed E-state index contributed by atoms with van der Waals surface area (Å²) in [6.45, 7) is 10.9. The number of allylic oxidation sites excluding steroid dienone is 1. The van der Waals surface area contributed by atoms with Crippen LogP contribution in [0.25, 0.3) is 0 Å². The molecule has 0 aromatic rings. The van der Waals surface area contributed by atoms with Crippen molar-refractivity contribution in [2.75, 3.05) is 13.4 Å². The molecule has 5 rings (SSSR count). The van der Waals surface area contributed by atoms with E-state index < -0.39 is 0 Å². The Morgan fingerprint density at radius 3 is 2.26 bits per heavy atom. The van der Waals surface area contributed by atoms with E-state index in [0.717, 1.165) is 56.0 Å². The molecule has 0 aliphatic heterocycles. The van der Waals surface area contributed by atoms with Crippen LogP contribution in [0.1, 0.15) is 163 Å². The third-order valence-corrected chi connectivity index (χ3v) is 13.6. The number of hydrogen-bond donors (Lipinski definition) is 0. The molecule has 4 fully saturated rings. The molecule has 4 nitrogen and oxygen atoms in total. The van der Waals surface area contributed by atoms with E-state index >= 15 is 0 Å². The first-order valence-corrected chi connectivity index (χ1v) is 18.9. The van der Waals surface area contributed by atoms with Crippen LogP contribution in [0.4, 0.5) is 0 Å². The van der Waals surface area contributed by atoms with Crippen molar-refractivity contribution in [3.05, 3.63) is 11.6 Å². The van der Waals surface area contributed by atoms with Gasteiger partial charge in [-0.15, -0.1) is 0 Å². The van der Waals surface area contributed by atoms with Gasteiger partial charge in [-0.1, -0.05) is 77.4 Å². The molecule has 4 saturated carbocycles. The average Bonchev–Trinajstić information content (AvgIpc) is 3.35. The predicted molar refractivity (Wildman–Crippen MR) is 176 cm³/mol. The summed E-state index contributed by atoms with van der Waals surface area (Å²) in [7, 11) is 0. The molecule has 0 amide bonds. The second-order valence-corrected chi connectivity index (χ2v) is 16.0. The highest BCUT2D eigenvalue weighted by molar-refractivity contribution is 5.69. The molecule has 0 aromatic carbocycles. The Balaban J connectivity index is 1.13. The van der Waals surface area contributed by atoms with Crippen molar-refractivity contribution in [2.45, 2.75) is 175 Å². The van der Waals surface area contributed by atoms with E-state index in [4.69, 9.17) is 14.2 Å². The first-order chi connectivity index (χ1) is 20.8. The lowest BCUT2D eigenvalue weighted by Crippen LogP contribution is -2.51. The van der Waals surface area contributed by atoms with Crippen LogP contribution in [-0.2, 0) is 19.0 Å². The number of hydrogen-bond acceptors (Lipinski definition) is 4. The van der Waals surface area contributed by atoms with Crippen LogP contribution < -0.4 is 0 Å². The fourth-order valence-electron chi connectivity index (χ4n) is 11.0. The minimum Gasteiger partial charge on any atom is -0.462 e. The number of carbonyl (C=O) groups excluding carboxylic acids is 1. The van der Waals surface area contributed by atoms with Gasteiger partial charge in [0.05, 0.1) is 6.10 Å². The third kappa shape index (κ3) is 7.93. The van der Waals surface area contributed by atoms with Crippen LogP contribution in [0.3, 0.4) is 0 Å². The lowest BCUT2D eigenvalue weighted by molar-refractivity contribution is -0.150. The van der Waals surface area contributed by atoms with E-state index in [1.165, 1.54) is 103 Å². The summed E-state index contributed by atoms with van der Waals surface area (Å²) in [5.41, 5.74) is 2.47. The molecule has 0 unspecified atom stereocenters. The monoisotopic (exact) mass is 598 g/mol. The summed E-state index contributed by atoms with van der Waals surface area (Å²) in [6, 6.07) is 0. The lowest BCUT2D eigenvalue weighted by atomic mass is 9.47. The second-order valence-electron chi connectivity index (χ2n) is 16.0. The van der Waals surface area contributed by atoms with E-state index in [9.17, 15) is 4.79 Å². The standard InChI is InChI=1S/C39H66O4/c1-5-41-28-42-32-23-25-38(3)30(27-32)18-19-33-35-21-20-34(39(35,4)26-24-36(33)38)29(2)17-22-37(40)43-31-15-13-11-9-7-6-8-10-12-14-16-31/h18,29,31-36H,5-17,19-28H2,1-4H3/t29-,32+,33+,34-,35+,36+,38+,39-/m1/s1. The maximum absolute atomic E-state index is 13.1. The zero-order chi connectivity index (χ0) is 30.3. The average molecular weight is 599 g/mol. The Hall–Kier alpha value is -0.870. The molecule has 0 aromatic heterocycles. The molecule has 0 bridgehead atoms. The molecule has 0 heterocycles. The van der Waals surface area contributed by atoms with Gasteiger partial charge in [0.1, 0.15) is 12.9 Å². The smallest absolute Gasteiger partial charge is 0.306 e. The van der Waals surface area contributed by atoms with Crippen molar-refractivity contribution < 1.29 is 19.0 Å². The zero-order valence-corrected chi connectivity index (χ0v) is 28.5. The number of carbonyl (C=O) groups is 1. The van der Waals surface area contributed by atoms with Gasteiger partial charge >= 0.3 is 5.97 Å². The molecular weight excluding hydrogens is 532 g/mol. The van der Waals surface area contributed by atoms with E-state index in [1.807, 2.05) is 6.92 Å². The van der Waals surface area contributed by atoms with Crippen molar-refractivity contribution in [1.82, 2.24) is 0 Å². The second kappa shape index (κ2) is 15.6. The summed E-state index contributed by atoms with van der Waals surface area (Å²) in [5, 5.41) is 0. The maximum Gasteiger partial charge on any atom is 0.306 e. The molecule has 8 atom stereocenters. The molecule has 5 aliphatic carbocycles. The van der Waals surface area contributed by atoms with E-state index in [1.54, 1.807) is 5.57 Å². The van der Waals surface area contributed by atoms with Crippen LogP contribution in [0.2, 0.25) is 0 Å². The fraction of sp³-hybridized carbons (Fsp3) is 0.923. The van der Waals surface area contributed by atoms with Crippen molar-refractivity contribution in [3.8, 4) is 0 Å². The molecular formula is C39H66O4. The maximum atomic E-state index is 13.1. The van der Waals surface area contributed by atoms with E-state index in [2.05, 4.69) is 26.8 Å². The first-order valence-electron chi connectivity index (χ1n) is 18.9. The van der Waals surface area contributed by atoms with Crippen molar-refractivity contribution in [3.63, 3.8) is 0 Å². The Bertz CT molecular complexity index is 901. The topological polar surface area (TPSA) is 44.8 Å². The summed E-state index contributed by atoms with van der Waals surface area (Å²) in [6.07, 6.45) is 29.1. The summed E-state index contributed by atoms with van der Waals surface area (Å²) in [5.74, 6) is 3.91. The summed E-state index contributed by atoms with van der Waals surface area (Å²) >= 11 is 0. The van der Waals surface area contributed by atoms with Crippen molar-refractivity contribution in [2.24, 2.45) is 40.4 Å². The fourth-order valence-corrected chi connectivity index (χ4v) is 11.0. The van der Waals surface area contributed by atoms with Crippen LogP contribution in [-0.4, -0.2) is 31.6 Å². The normalized spacial score (nSPS) is 38.4. The van der Waals surface area contributed by atoms with Crippen LogP contribution in [0.5, 0.6) is 0 Å². The zero-order valence-electron chi connectivity index (χ0n) is 28.5. The molecule has 0 spiro atoms. The van der Waals surface area contributed by atoms with Crippen LogP contribution in [0.15, 0.2) is 11.6 Å². The molecule has 246 valence electrons. The van der Waals surface area contributed by atoms with Gasteiger partial charge in [-0.25, -0.2) is 0 Å². The van der Waals surface area contributed by atoms with Crippen molar-refractivity contribution >= 4 is 5.97 Å². The van der Waals surface area contributed by atoms with E-state index in [0.29, 0.717) is 36.1 Å². The Kier molecular flexibility index (Phi) is 12.2. The number of esters is 1. The van der Waals surface area contributed by atoms with Crippen LogP contribution in [0, 0.1) is 40.4 Å². The Labute approximate surface area is 264 Å². The molecule has 0 saturated heterocycles. The molecule has 0 N–H and O–H groups in total. The van der Waals surface area contributed by atoms with Gasteiger partial charge in [0, 0.05) is 13.0 Å². The largest absolute Gasteiger partial charge is 0.462 e. The number of rotatable bonds is 9. The Morgan fingerprint density at radius 1 is 0.860 bits per heavy atom. The van der Waals surface area contributed by atoms with Gasteiger partial charge in [-0.3, -0.25) is 4.79 Å². The predicted octanol–water partition coefficient (Wildman–Crippen LogP) is 10.6. The quantitative estimate of drug-likeness (QED) is 0.115. The summed E-state index contributed by atoms with van der Waals surface area (Å²) < 4.78 is 17.7. The van der Waals surface area contributed by atoms with Gasteiger partial charge in [0.2, 0.25) is 0 Å². The van der Waals surface area contributed by atoms with Crippen molar-refractivity contribution in [1.29, 1.82) is 0 Å². The Morgan fingerprint density at radius 2 is 1.56 bits per heavy atom. The summed E-state index contributed by atoms with van der Waals surface area (Å²) in [4.78, 5) is 13.1. The van der Waals surface area contributed by atoms with Gasteiger partial charge in [-0.05, 0) is 131 Å². The molecule has 4 heteroatoms. The van der Waals surface area contributed by atoms with Crippen LogP contribution >= 0.6 is 0 Å². The van der Waals surface area contributed by atoms with Gasteiger partial charge < -0.3 is 14.2 Å². The molecule has 0 radical (unpaired) electrons. The first kappa shape index (κ1) is 33.5. The highest BCUT2D eigenvalue weighted by Gasteiger charge is 2.59. The minimum atomic E-state index is 0.0751. The van der Waals surface area contributed by atoms with Gasteiger partial charge in [0.15, 0.2) is 0 Å². The van der Waals surface area contributed by atoms with E-state index in [-0.39, 0.29) is 12.1 Å². The highest BCUT2D eigenvalue weighted by atomic mass is 16.7. The molecule has 43 heavy (non-hydrogen) atoms. The van der Waals surface area contributed by atoms with Gasteiger partial charge in [-0.2, -0.15) is 0 Å². The SMILES string of the molecule is CCOCO[C@H]1CC[C@@]2(C)C(=CC[C@H]3[C@@H]4CC[C@H]([C@H](C)CCC(=O)OC5CCCCCCCCCCC5)[C@@]4(C)CC[C@@H]32)C1.